The second-order valence-corrected chi connectivity index (χ2v) is 7.74. The first-order valence-electron chi connectivity index (χ1n) is 9.28. The molecule has 144 valence electrons. The van der Waals surface area contributed by atoms with Crippen molar-refractivity contribution in [3.8, 4) is 0 Å². The minimum absolute atomic E-state index is 0.0500. The van der Waals surface area contributed by atoms with E-state index in [1.165, 1.54) is 0 Å². The fourth-order valence-electron chi connectivity index (χ4n) is 3.93. The average Bonchev–Trinajstić information content (AvgIpc) is 3.01. The molecule has 1 aromatic rings. The zero-order chi connectivity index (χ0) is 19.3. The smallest absolute Gasteiger partial charge is 0.308 e. The van der Waals surface area contributed by atoms with Gasteiger partial charge >= 0.3 is 5.97 Å². The first kappa shape index (κ1) is 20.7. The number of nitrogens with zero attached hydrogens (tertiary/aromatic N) is 1. The van der Waals surface area contributed by atoms with Crippen LogP contribution in [-0.2, 0) is 9.59 Å². The van der Waals surface area contributed by atoms with Crippen LogP contribution in [0.15, 0.2) is 24.3 Å². The molecule has 2 atom stereocenters. The molecule has 0 saturated carbocycles. The maximum absolute atomic E-state index is 12.8. The van der Waals surface area contributed by atoms with Gasteiger partial charge in [-0.25, -0.2) is 0 Å². The summed E-state index contributed by atoms with van der Waals surface area (Å²) < 4.78 is 0. The third-order valence-corrected chi connectivity index (χ3v) is 5.45. The van der Waals surface area contributed by atoms with E-state index >= 15 is 0 Å². The summed E-state index contributed by atoms with van der Waals surface area (Å²) in [6.07, 6.45) is 2.80. The van der Waals surface area contributed by atoms with Gasteiger partial charge in [-0.3, -0.25) is 9.59 Å². The molecule has 5 nitrogen and oxygen atoms in total. The van der Waals surface area contributed by atoms with Gasteiger partial charge in [-0.2, -0.15) is 0 Å². The van der Waals surface area contributed by atoms with Crippen molar-refractivity contribution >= 4 is 23.5 Å². The van der Waals surface area contributed by atoms with Crippen LogP contribution in [0.5, 0.6) is 0 Å². The lowest BCUT2D eigenvalue weighted by molar-refractivity contribution is -0.142. The molecular formula is C20H28ClNO4. The van der Waals surface area contributed by atoms with Gasteiger partial charge < -0.3 is 15.1 Å². The highest BCUT2D eigenvalue weighted by Gasteiger charge is 2.42. The molecule has 0 aromatic heterocycles. The summed E-state index contributed by atoms with van der Waals surface area (Å²) in [5.74, 6) is -1.99. The fourth-order valence-corrected chi connectivity index (χ4v) is 4.06. The largest absolute Gasteiger partial charge is 0.481 e. The lowest BCUT2D eigenvalue weighted by atomic mass is 9.89. The van der Waals surface area contributed by atoms with Gasteiger partial charge in [0.15, 0.2) is 0 Å². The summed E-state index contributed by atoms with van der Waals surface area (Å²) in [4.78, 5) is 26.1. The quantitative estimate of drug-likeness (QED) is 0.719. The van der Waals surface area contributed by atoms with Gasteiger partial charge in [-0.1, -0.05) is 50.4 Å². The zero-order valence-electron chi connectivity index (χ0n) is 15.4. The molecular weight excluding hydrogens is 354 g/mol. The summed E-state index contributed by atoms with van der Waals surface area (Å²) >= 11 is 5.92. The van der Waals surface area contributed by atoms with E-state index in [-0.39, 0.29) is 24.8 Å². The van der Waals surface area contributed by atoms with E-state index in [0.717, 1.165) is 18.4 Å². The zero-order valence-corrected chi connectivity index (χ0v) is 16.2. The van der Waals surface area contributed by atoms with E-state index in [2.05, 4.69) is 0 Å². The molecule has 1 aliphatic rings. The van der Waals surface area contributed by atoms with Crippen LogP contribution in [0.2, 0.25) is 5.02 Å². The lowest BCUT2D eigenvalue weighted by Crippen LogP contribution is -2.39. The van der Waals surface area contributed by atoms with Crippen molar-refractivity contribution in [3.05, 3.63) is 34.9 Å². The molecule has 0 unspecified atom stereocenters. The molecule has 6 heteroatoms. The Balaban J connectivity index is 2.14. The van der Waals surface area contributed by atoms with Crippen molar-refractivity contribution in [2.24, 2.45) is 5.92 Å². The van der Waals surface area contributed by atoms with Crippen LogP contribution < -0.4 is 0 Å². The number of hydrogen-bond acceptors (Lipinski definition) is 3. The number of rotatable bonds is 8. The van der Waals surface area contributed by atoms with Crippen molar-refractivity contribution < 1.29 is 19.8 Å². The van der Waals surface area contributed by atoms with Crippen molar-refractivity contribution in [1.82, 2.24) is 4.90 Å². The van der Waals surface area contributed by atoms with Gasteiger partial charge in [-0.05, 0) is 30.5 Å². The third kappa shape index (κ3) is 4.98. The number of aliphatic carboxylic acids is 1. The van der Waals surface area contributed by atoms with E-state index in [0.29, 0.717) is 24.4 Å². The van der Waals surface area contributed by atoms with Crippen LogP contribution in [0.3, 0.4) is 0 Å². The number of carbonyl (C=O) groups excluding carboxylic acids is 1. The predicted molar refractivity (Wildman–Crippen MR) is 101 cm³/mol. The average molecular weight is 382 g/mol. The Labute approximate surface area is 160 Å². The van der Waals surface area contributed by atoms with E-state index in [4.69, 9.17) is 11.6 Å². The van der Waals surface area contributed by atoms with Crippen LogP contribution in [-0.4, -0.2) is 45.7 Å². The van der Waals surface area contributed by atoms with Gasteiger partial charge in [0.25, 0.3) is 0 Å². The van der Waals surface area contributed by atoms with Gasteiger partial charge in [-0.15, -0.1) is 0 Å². The number of carbonyl (C=O) groups is 2. The van der Waals surface area contributed by atoms with E-state index in [1.54, 1.807) is 17.0 Å². The second kappa shape index (κ2) is 8.87. The summed E-state index contributed by atoms with van der Waals surface area (Å²) in [6.45, 7) is 4.50. The maximum atomic E-state index is 12.8. The number of benzene rings is 1. The van der Waals surface area contributed by atoms with Crippen molar-refractivity contribution in [2.45, 2.75) is 57.5 Å². The second-order valence-electron chi connectivity index (χ2n) is 7.30. The normalized spacial score (nSPS) is 20.4. The number of likely N-dealkylation sites (tertiary alicyclic amines) is 1. The highest BCUT2D eigenvalue weighted by molar-refractivity contribution is 6.30. The summed E-state index contributed by atoms with van der Waals surface area (Å²) in [5.41, 5.74) is -0.132. The molecule has 1 aromatic carbocycles. The molecule has 2 N–H and O–H groups in total. The van der Waals surface area contributed by atoms with Crippen LogP contribution >= 0.6 is 11.6 Å². The van der Waals surface area contributed by atoms with Crippen LogP contribution in [0.25, 0.3) is 0 Å². The van der Waals surface area contributed by atoms with E-state index in [1.807, 2.05) is 26.0 Å². The van der Waals surface area contributed by atoms with Gasteiger partial charge in [0.1, 0.15) is 0 Å². The SMILES string of the molecule is CCCC(O)(CCC)CC(=O)N1C[C@@H](C(=O)O)[C@H](c2ccc(Cl)cc2)C1. The molecule has 2 rings (SSSR count). The molecule has 0 radical (unpaired) electrons. The lowest BCUT2D eigenvalue weighted by Gasteiger charge is -2.29. The van der Waals surface area contributed by atoms with E-state index < -0.39 is 17.5 Å². The van der Waals surface area contributed by atoms with Crippen LogP contribution in [0, 0.1) is 5.92 Å². The molecule has 0 spiro atoms. The highest BCUT2D eigenvalue weighted by atomic mass is 35.5. The summed E-state index contributed by atoms with van der Waals surface area (Å²) in [7, 11) is 0. The standard InChI is InChI=1S/C20H28ClNO4/c1-3-9-20(26,10-4-2)11-18(23)22-12-16(17(13-22)19(24)25)14-5-7-15(21)8-6-14/h5-8,16-17,26H,3-4,9-13H2,1-2H3,(H,24,25)/t16-,17+/m0/s1. The first-order valence-corrected chi connectivity index (χ1v) is 9.66. The first-order chi connectivity index (χ1) is 12.3. The van der Waals surface area contributed by atoms with Crippen molar-refractivity contribution in [1.29, 1.82) is 0 Å². The monoisotopic (exact) mass is 381 g/mol. The third-order valence-electron chi connectivity index (χ3n) is 5.20. The van der Waals surface area contributed by atoms with Gasteiger partial charge in [0.2, 0.25) is 5.91 Å². The molecule has 1 aliphatic heterocycles. The number of carboxylic acids is 1. The minimum atomic E-state index is -1.00. The highest BCUT2D eigenvalue weighted by Crippen LogP contribution is 2.35. The molecule has 1 fully saturated rings. The minimum Gasteiger partial charge on any atom is -0.481 e. The van der Waals surface area contributed by atoms with Gasteiger partial charge in [0, 0.05) is 24.0 Å². The summed E-state index contributed by atoms with van der Waals surface area (Å²) in [5, 5.41) is 20.9. The van der Waals surface area contributed by atoms with Crippen molar-refractivity contribution in [3.63, 3.8) is 0 Å². The van der Waals surface area contributed by atoms with E-state index in [9.17, 15) is 19.8 Å². The Morgan fingerprint density at radius 2 is 1.73 bits per heavy atom. The fraction of sp³-hybridized carbons (Fsp3) is 0.600. The Kier molecular flexibility index (Phi) is 7.07. The molecule has 1 amide bonds. The summed E-state index contributed by atoms with van der Waals surface area (Å²) in [6, 6.07) is 7.12. The van der Waals surface area contributed by atoms with Crippen LogP contribution in [0.4, 0.5) is 0 Å². The number of hydrogen-bond donors (Lipinski definition) is 2. The molecule has 1 heterocycles. The molecule has 1 saturated heterocycles. The molecule has 26 heavy (non-hydrogen) atoms. The van der Waals surface area contributed by atoms with Crippen molar-refractivity contribution in [2.75, 3.05) is 13.1 Å². The number of carboxylic acid groups (broad SMARTS) is 1. The predicted octanol–water partition coefficient (Wildman–Crippen LogP) is 3.69. The number of aliphatic hydroxyl groups is 1. The Bertz CT molecular complexity index is 625. The Hall–Kier alpha value is -1.59. The molecule has 0 aliphatic carbocycles. The van der Waals surface area contributed by atoms with Gasteiger partial charge in [0.05, 0.1) is 17.9 Å². The topological polar surface area (TPSA) is 77.8 Å². The Morgan fingerprint density at radius 1 is 1.15 bits per heavy atom. The maximum Gasteiger partial charge on any atom is 0.308 e. The molecule has 0 bridgehead atoms. The number of halogens is 1. The Morgan fingerprint density at radius 3 is 2.23 bits per heavy atom. The van der Waals surface area contributed by atoms with Crippen LogP contribution in [0.1, 0.15) is 57.4 Å². The number of amides is 1.